The molecule has 14 heavy (non-hydrogen) atoms. The van der Waals surface area contributed by atoms with Gasteiger partial charge in [-0.05, 0) is 0 Å². The molecule has 4 N–H and O–H groups in total. The first-order valence-electron chi connectivity index (χ1n) is 4.98. The van der Waals surface area contributed by atoms with E-state index in [1.807, 2.05) is 0 Å². The zero-order valence-electron chi connectivity index (χ0n) is 8.05. The number of fused-ring (bicyclic) bond motifs is 3. The predicted octanol–water partition coefficient (Wildman–Crippen LogP) is 2.32. The molecular weight excluding hydrogens is 402 g/mol. The van der Waals surface area contributed by atoms with E-state index in [1.165, 1.54) is 12.8 Å². The van der Waals surface area contributed by atoms with Gasteiger partial charge < -0.3 is 0 Å². The molecule has 0 saturated heterocycles. The minimum atomic E-state index is -1.94. The summed E-state index contributed by atoms with van der Waals surface area (Å²) in [6.45, 7) is 0.539. The fraction of sp³-hybridized carbons (Fsp3) is 1.00. The summed E-state index contributed by atoms with van der Waals surface area (Å²) in [4.78, 5) is 0. The molecule has 87 valence electrons. The molecule has 0 heterocycles. The number of hydrogen-bond acceptors (Lipinski definition) is 2. The molecule has 0 aromatic heterocycles. The van der Waals surface area contributed by atoms with Crippen molar-refractivity contribution in [2.24, 2.45) is 17.4 Å². The number of rotatable bonds is 2. The topological polar surface area (TPSA) is 52.0 Å². The third-order valence-corrected chi connectivity index (χ3v) is 11.6. The molecule has 2 bridgehead atoms. The van der Waals surface area contributed by atoms with Crippen molar-refractivity contribution < 1.29 is 15.2 Å². The van der Waals surface area contributed by atoms with Gasteiger partial charge in [0.05, 0.1) is 0 Å². The number of hydrogen-bond donors (Lipinski definition) is 2. The molecule has 3 rings (SSSR count). The first-order chi connectivity index (χ1) is 6.54. The van der Waals surface area contributed by atoms with Crippen LogP contribution in [-0.4, -0.2) is 12.1 Å². The molecule has 5 heteroatoms. The van der Waals surface area contributed by atoms with Gasteiger partial charge in [0.1, 0.15) is 0 Å². The maximum atomic E-state index is 6.42. The van der Waals surface area contributed by atoms with Crippen molar-refractivity contribution in [3.05, 3.63) is 0 Å². The summed E-state index contributed by atoms with van der Waals surface area (Å²) in [5, 5.41) is 0. The zero-order valence-corrected chi connectivity index (χ0v) is 11.8. The third-order valence-electron chi connectivity index (χ3n) is 3.97. The average Bonchev–Trinajstić information content (AvgIpc) is 2.19. The van der Waals surface area contributed by atoms with Crippen molar-refractivity contribution in [2.45, 2.75) is 41.4 Å². The van der Waals surface area contributed by atoms with E-state index in [-0.39, 0.29) is 9.34 Å². The molecule has 3 fully saturated rings. The molecule has 0 aromatic carbocycles. The summed E-state index contributed by atoms with van der Waals surface area (Å²) in [6, 6.07) is 0. The molecule has 0 spiro atoms. The van der Waals surface area contributed by atoms with Crippen LogP contribution < -0.4 is 11.5 Å². The van der Waals surface area contributed by atoms with E-state index >= 15 is 0 Å². The van der Waals surface area contributed by atoms with Crippen molar-refractivity contribution in [2.75, 3.05) is 6.54 Å². The standard InChI is InChI=1S/C9H17N2.2ClH.Pt/c10-6-9(11)5-7-1-3-8(9)4-2-7;;;/h7H,1-6,10-11H2;2*1H;/q;;;+2/p-2. The zero-order chi connectivity index (χ0) is 10.4. The molecule has 0 aromatic rings. The first-order valence-corrected chi connectivity index (χ1v) is 11.8. The van der Waals surface area contributed by atoms with Crippen LogP contribution in [0, 0.1) is 5.92 Å². The molecule has 0 radical (unpaired) electrons. The van der Waals surface area contributed by atoms with E-state index < -0.39 is 15.2 Å². The summed E-state index contributed by atoms with van der Waals surface area (Å²) in [7, 11) is 12.6. The molecule has 3 aliphatic rings. The Balaban J connectivity index is 2.33. The van der Waals surface area contributed by atoms with Crippen molar-refractivity contribution in [1.29, 1.82) is 0 Å². The Kier molecular flexibility index (Phi) is 3.24. The normalized spacial score (nSPS) is 48.0. The van der Waals surface area contributed by atoms with Crippen LogP contribution in [0.15, 0.2) is 0 Å². The molecule has 0 aliphatic heterocycles. The monoisotopic (exact) mass is 418 g/mol. The van der Waals surface area contributed by atoms with Crippen LogP contribution in [0.1, 0.15) is 32.1 Å². The first kappa shape index (κ1) is 11.7. The predicted molar refractivity (Wildman–Crippen MR) is 56.9 cm³/mol. The summed E-state index contributed by atoms with van der Waals surface area (Å²) in [5.74, 6) is 0.773. The fourth-order valence-corrected chi connectivity index (χ4v) is 9.75. The number of halogens is 2. The Hall–Kier alpha value is 1.19. The van der Waals surface area contributed by atoms with Gasteiger partial charge in [0.2, 0.25) is 0 Å². The second kappa shape index (κ2) is 3.89. The second-order valence-electron chi connectivity index (χ2n) is 4.58. The van der Waals surface area contributed by atoms with Crippen molar-refractivity contribution >= 4 is 18.8 Å². The van der Waals surface area contributed by atoms with E-state index in [0.717, 1.165) is 25.2 Å². The summed E-state index contributed by atoms with van der Waals surface area (Å²) < 4.78 is 0.0320. The van der Waals surface area contributed by atoms with Crippen molar-refractivity contribution in [3.63, 3.8) is 0 Å². The van der Waals surface area contributed by atoms with Crippen LogP contribution in [0.3, 0.4) is 0 Å². The van der Waals surface area contributed by atoms with Gasteiger partial charge in [-0.3, -0.25) is 0 Å². The Morgan fingerprint density at radius 2 is 1.86 bits per heavy atom. The van der Waals surface area contributed by atoms with Crippen molar-refractivity contribution in [3.8, 4) is 0 Å². The Morgan fingerprint density at radius 1 is 1.29 bits per heavy atom. The molecule has 0 amide bonds. The van der Waals surface area contributed by atoms with E-state index in [0.29, 0.717) is 6.54 Å². The fourth-order valence-electron chi connectivity index (χ4n) is 3.01. The van der Waals surface area contributed by atoms with Crippen LogP contribution in [0.25, 0.3) is 0 Å². The average molecular weight is 419 g/mol. The van der Waals surface area contributed by atoms with E-state index in [2.05, 4.69) is 0 Å². The Bertz CT molecular complexity index is 229. The minimum absolute atomic E-state index is 0.0320. The molecule has 1 unspecified atom stereocenters. The van der Waals surface area contributed by atoms with Gasteiger partial charge in [-0.2, -0.15) is 0 Å². The maximum absolute atomic E-state index is 6.42. The third kappa shape index (κ3) is 1.50. The van der Waals surface area contributed by atoms with Crippen molar-refractivity contribution in [1.82, 2.24) is 0 Å². The Morgan fingerprint density at radius 3 is 2.21 bits per heavy atom. The van der Waals surface area contributed by atoms with Crippen LogP contribution in [0.5, 0.6) is 0 Å². The van der Waals surface area contributed by atoms with E-state index in [1.54, 1.807) is 0 Å². The van der Waals surface area contributed by atoms with E-state index in [4.69, 9.17) is 30.3 Å². The van der Waals surface area contributed by atoms with Gasteiger partial charge in [-0.15, -0.1) is 0 Å². The number of nitrogens with two attached hydrogens (primary N) is 2. The van der Waals surface area contributed by atoms with Gasteiger partial charge in [0, 0.05) is 0 Å². The van der Waals surface area contributed by atoms with Gasteiger partial charge in [-0.25, -0.2) is 0 Å². The molecule has 1 atom stereocenters. The van der Waals surface area contributed by atoms with Gasteiger partial charge >= 0.3 is 99.4 Å². The van der Waals surface area contributed by atoms with Gasteiger partial charge in [-0.1, -0.05) is 0 Å². The van der Waals surface area contributed by atoms with Crippen LogP contribution in [-0.2, 0) is 15.2 Å². The van der Waals surface area contributed by atoms with E-state index in [9.17, 15) is 0 Å². The van der Waals surface area contributed by atoms with Crippen LogP contribution in [0.2, 0.25) is 3.80 Å². The summed E-state index contributed by atoms with van der Waals surface area (Å²) in [5.41, 5.74) is 12.0. The Labute approximate surface area is 99.1 Å². The second-order valence-corrected chi connectivity index (χ2v) is 12.9. The molecule has 2 nitrogen and oxygen atoms in total. The molecular formula is C9H17Cl2N2Pt. The quantitative estimate of drug-likeness (QED) is 0.722. The van der Waals surface area contributed by atoms with Gasteiger partial charge in [0.25, 0.3) is 0 Å². The summed E-state index contributed by atoms with van der Waals surface area (Å²) >= 11 is -1.94. The molecule has 3 aliphatic carbocycles. The van der Waals surface area contributed by atoms with Gasteiger partial charge in [0.15, 0.2) is 0 Å². The molecule has 3 saturated carbocycles. The van der Waals surface area contributed by atoms with Crippen LogP contribution in [0.4, 0.5) is 0 Å². The summed E-state index contributed by atoms with van der Waals surface area (Å²) in [6.07, 6.45) is 5.78. The van der Waals surface area contributed by atoms with Crippen LogP contribution >= 0.6 is 18.8 Å². The SMILES string of the molecule is NCC1(N)CC2CC[C]1([Pt]([Cl])[Cl])CC2.